The Morgan fingerprint density at radius 3 is 2.85 bits per heavy atom. The number of aliphatic hydroxyl groups is 1. The molecule has 1 aliphatic heterocycles. The number of hydrogen-bond donors (Lipinski definition) is 3. The quantitative estimate of drug-likeness (QED) is 0.508. The highest BCUT2D eigenvalue weighted by molar-refractivity contribution is 5.92. The van der Waals surface area contributed by atoms with Gasteiger partial charge in [-0.25, -0.2) is 4.98 Å². The molecule has 1 aromatic rings. The number of β-amino-alcohol motifs (C(OH)–C–C–N with tert-alkyl or cyclic N) is 1. The summed E-state index contributed by atoms with van der Waals surface area (Å²) in [6.45, 7) is 3.90. The third kappa shape index (κ3) is 3.66. The first-order valence-electron chi connectivity index (χ1n) is 6.79. The van der Waals surface area contributed by atoms with Gasteiger partial charge in [0.1, 0.15) is 5.69 Å². The summed E-state index contributed by atoms with van der Waals surface area (Å²) in [6, 6.07) is 3.41. The highest BCUT2D eigenvalue weighted by atomic mass is 16.3. The minimum atomic E-state index is -0.0561. The van der Waals surface area contributed by atoms with Gasteiger partial charge in [-0.15, -0.1) is 0 Å². The zero-order chi connectivity index (χ0) is 14.4. The zero-order valence-corrected chi connectivity index (χ0v) is 11.5. The lowest BCUT2D eigenvalue weighted by Crippen LogP contribution is -2.36. The highest BCUT2D eigenvalue weighted by Gasteiger charge is 2.20. The van der Waals surface area contributed by atoms with Gasteiger partial charge in [-0.3, -0.25) is 15.5 Å². The molecule has 0 unspecified atom stereocenters. The van der Waals surface area contributed by atoms with Crippen LogP contribution in [0.1, 0.15) is 16.9 Å². The number of nitrogens with two attached hydrogens (primary N) is 1. The summed E-state index contributed by atoms with van der Waals surface area (Å²) >= 11 is 0. The number of anilines is 1. The van der Waals surface area contributed by atoms with Crippen LogP contribution in [0.4, 0.5) is 5.69 Å². The Morgan fingerprint density at radius 1 is 1.35 bits per heavy atom. The number of nitrogen functional groups attached to an aromatic ring is 1. The van der Waals surface area contributed by atoms with Gasteiger partial charge < -0.3 is 15.4 Å². The van der Waals surface area contributed by atoms with E-state index in [4.69, 9.17) is 10.9 Å². The number of rotatable bonds is 4. The number of nitrogens with zero attached hydrogens (tertiary/aromatic N) is 3. The molecule has 0 bridgehead atoms. The van der Waals surface area contributed by atoms with Gasteiger partial charge in [-0.1, -0.05) is 0 Å². The lowest BCUT2D eigenvalue weighted by molar-refractivity contribution is 0.0754. The monoisotopic (exact) mass is 279 g/mol. The van der Waals surface area contributed by atoms with Gasteiger partial charge in [0.15, 0.2) is 0 Å². The first-order valence-corrected chi connectivity index (χ1v) is 6.79. The molecular weight excluding hydrogens is 258 g/mol. The van der Waals surface area contributed by atoms with Crippen LogP contribution in [0.15, 0.2) is 18.3 Å². The molecule has 1 aliphatic rings. The third-order valence-electron chi connectivity index (χ3n) is 3.44. The second-order valence-electron chi connectivity index (χ2n) is 4.79. The molecule has 0 aromatic carbocycles. The number of carbonyl (C=O) groups excluding carboxylic acids is 1. The van der Waals surface area contributed by atoms with Crippen molar-refractivity contribution in [1.82, 2.24) is 14.8 Å². The summed E-state index contributed by atoms with van der Waals surface area (Å²) in [5, 5.41) is 8.96. The molecule has 7 heteroatoms. The summed E-state index contributed by atoms with van der Waals surface area (Å²) in [4.78, 5) is 20.5. The molecule has 4 N–H and O–H groups in total. The van der Waals surface area contributed by atoms with Gasteiger partial charge in [0.25, 0.3) is 5.91 Å². The topological polar surface area (TPSA) is 94.7 Å². The van der Waals surface area contributed by atoms with E-state index in [1.807, 2.05) is 4.90 Å². The lowest BCUT2D eigenvalue weighted by atomic mass is 10.3. The van der Waals surface area contributed by atoms with E-state index in [2.05, 4.69) is 15.3 Å². The van der Waals surface area contributed by atoms with E-state index in [0.29, 0.717) is 24.5 Å². The average Bonchev–Trinajstić information content (AvgIpc) is 2.73. The van der Waals surface area contributed by atoms with Crippen molar-refractivity contribution < 1.29 is 9.90 Å². The van der Waals surface area contributed by atoms with Gasteiger partial charge in [0.05, 0.1) is 18.5 Å². The number of amides is 1. The molecule has 0 spiro atoms. The Labute approximate surface area is 118 Å². The second kappa shape index (κ2) is 7.18. The number of pyridine rings is 1. The van der Waals surface area contributed by atoms with Crippen LogP contribution < -0.4 is 11.3 Å². The largest absolute Gasteiger partial charge is 0.395 e. The van der Waals surface area contributed by atoms with E-state index < -0.39 is 0 Å². The van der Waals surface area contributed by atoms with E-state index >= 15 is 0 Å². The van der Waals surface area contributed by atoms with Gasteiger partial charge in [0.2, 0.25) is 0 Å². The first kappa shape index (κ1) is 14.7. The maximum Gasteiger partial charge on any atom is 0.272 e. The van der Waals surface area contributed by atoms with Crippen LogP contribution in [0.2, 0.25) is 0 Å². The summed E-state index contributed by atoms with van der Waals surface area (Å²) in [7, 11) is 0. The Bertz CT molecular complexity index is 437. The third-order valence-corrected chi connectivity index (χ3v) is 3.44. The number of carbonyl (C=O) groups is 1. The number of hydrogen-bond acceptors (Lipinski definition) is 6. The number of aromatic nitrogens is 1. The molecule has 2 heterocycles. The molecule has 0 saturated carbocycles. The van der Waals surface area contributed by atoms with Crippen LogP contribution in [0.3, 0.4) is 0 Å². The minimum absolute atomic E-state index is 0.0561. The fraction of sp³-hybridized carbons (Fsp3) is 0.538. The molecule has 0 radical (unpaired) electrons. The number of aliphatic hydroxyl groups excluding tert-OH is 1. The SMILES string of the molecule is NNc1ccc(C(=O)N2CCCN(CCO)CC2)nc1. The number of hydrazine groups is 1. The van der Waals surface area contributed by atoms with Gasteiger partial charge in [-0.2, -0.15) is 0 Å². The van der Waals surface area contributed by atoms with Crippen LogP contribution in [0, 0.1) is 0 Å². The van der Waals surface area contributed by atoms with Gasteiger partial charge >= 0.3 is 0 Å². The van der Waals surface area contributed by atoms with Crippen molar-refractivity contribution in [2.75, 3.05) is 44.8 Å². The molecule has 1 saturated heterocycles. The molecule has 2 rings (SSSR count). The van der Waals surface area contributed by atoms with Crippen molar-refractivity contribution >= 4 is 11.6 Å². The first-order chi connectivity index (χ1) is 9.74. The van der Waals surface area contributed by atoms with Crippen molar-refractivity contribution in [3.8, 4) is 0 Å². The fourth-order valence-corrected chi connectivity index (χ4v) is 2.31. The van der Waals surface area contributed by atoms with Crippen molar-refractivity contribution in [3.63, 3.8) is 0 Å². The van der Waals surface area contributed by atoms with Gasteiger partial charge in [0, 0.05) is 26.2 Å². The maximum absolute atomic E-state index is 12.4. The molecule has 7 nitrogen and oxygen atoms in total. The predicted octanol–water partition coefficient (Wildman–Crippen LogP) is -0.493. The van der Waals surface area contributed by atoms with Crippen LogP contribution >= 0.6 is 0 Å². The normalized spacial score (nSPS) is 16.8. The summed E-state index contributed by atoms with van der Waals surface area (Å²) in [5.41, 5.74) is 3.59. The highest BCUT2D eigenvalue weighted by Crippen LogP contribution is 2.10. The Balaban J connectivity index is 1.97. The molecule has 1 amide bonds. The Morgan fingerprint density at radius 2 is 2.20 bits per heavy atom. The predicted molar refractivity (Wildman–Crippen MR) is 76.1 cm³/mol. The Hall–Kier alpha value is -1.70. The Kier molecular flexibility index (Phi) is 5.28. The van der Waals surface area contributed by atoms with Crippen LogP contribution in [0.5, 0.6) is 0 Å². The molecule has 110 valence electrons. The van der Waals surface area contributed by atoms with E-state index in [-0.39, 0.29) is 12.5 Å². The summed E-state index contributed by atoms with van der Waals surface area (Å²) < 4.78 is 0. The molecular formula is C13H21N5O2. The second-order valence-corrected chi connectivity index (χ2v) is 4.79. The molecule has 1 aromatic heterocycles. The van der Waals surface area contributed by atoms with Crippen LogP contribution in [-0.4, -0.2) is 65.1 Å². The van der Waals surface area contributed by atoms with E-state index in [9.17, 15) is 4.79 Å². The molecule has 1 fully saturated rings. The van der Waals surface area contributed by atoms with E-state index in [0.717, 1.165) is 26.1 Å². The molecule has 0 aliphatic carbocycles. The smallest absolute Gasteiger partial charge is 0.272 e. The minimum Gasteiger partial charge on any atom is -0.395 e. The molecule has 0 atom stereocenters. The lowest BCUT2D eigenvalue weighted by Gasteiger charge is -2.21. The van der Waals surface area contributed by atoms with Crippen LogP contribution in [-0.2, 0) is 0 Å². The zero-order valence-electron chi connectivity index (χ0n) is 11.5. The molecule has 20 heavy (non-hydrogen) atoms. The van der Waals surface area contributed by atoms with Crippen molar-refractivity contribution in [2.45, 2.75) is 6.42 Å². The van der Waals surface area contributed by atoms with Crippen LogP contribution in [0.25, 0.3) is 0 Å². The van der Waals surface area contributed by atoms with E-state index in [1.54, 1.807) is 18.3 Å². The van der Waals surface area contributed by atoms with Crippen molar-refractivity contribution in [1.29, 1.82) is 0 Å². The maximum atomic E-state index is 12.4. The van der Waals surface area contributed by atoms with Gasteiger partial charge in [-0.05, 0) is 25.1 Å². The summed E-state index contributed by atoms with van der Waals surface area (Å²) in [5.74, 6) is 5.22. The summed E-state index contributed by atoms with van der Waals surface area (Å²) in [6.07, 6.45) is 2.46. The standard InChI is InChI=1S/C13H21N5O2/c14-16-11-2-3-12(15-10-11)13(20)18-5-1-4-17(6-7-18)8-9-19/h2-3,10,16,19H,1,4-9,14H2. The average molecular weight is 279 g/mol. The van der Waals surface area contributed by atoms with Crippen molar-refractivity contribution in [3.05, 3.63) is 24.0 Å². The van der Waals surface area contributed by atoms with E-state index in [1.165, 1.54) is 0 Å². The van der Waals surface area contributed by atoms with Crippen molar-refractivity contribution in [2.24, 2.45) is 5.84 Å². The number of nitrogens with one attached hydrogen (secondary N) is 1. The fourth-order valence-electron chi connectivity index (χ4n) is 2.31.